The third-order valence-corrected chi connectivity index (χ3v) is 2.71. The summed E-state index contributed by atoms with van der Waals surface area (Å²) in [4.78, 5) is 2.42. The molecule has 1 heterocycles. The first-order valence-corrected chi connectivity index (χ1v) is 6.33. The van der Waals surface area contributed by atoms with Crippen LogP contribution in [-0.4, -0.2) is 56.7 Å². The van der Waals surface area contributed by atoms with E-state index in [0.717, 1.165) is 32.7 Å². The minimum Gasteiger partial charge on any atom is -0.376 e. The van der Waals surface area contributed by atoms with E-state index in [1.807, 2.05) is 13.8 Å². The summed E-state index contributed by atoms with van der Waals surface area (Å²) in [6.45, 7) is 11.5. The fraction of sp³-hybridized carbons (Fsp3) is 1.00. The molecule has 0 bridgehead atoms. The predicted molar refractivity (Wildman–Crippen MR) is 63.5 cm³/mol. The molecular weight excluding hydrogens is 206 g/mol. The van der Waals surface area contributed by atoms with Crippen molar-refractivity contribution in [1.29, 1.82) is 0 Å². The second-order valence-corrected chi connectivity index (χ2v) is 4.11. The Labute approximate surface area is 98.8 Å². The highest BCUT2D eigenvalue weighted by atomic mass is 16.7. The fourth-order valence-electron chi connectivity index (χ4n) is 1.97. The standard InChI is InChI=1S/C12H25NO3/c1-4-14-12(15-5-2)6-7-13-8-9-16-11(3)10-13/h11-12H,4-10H2,1-3H3. The van der Waals surface area contributed by atoms with Gasteiger partial charge in [-0.1, -0.05) is 0 Å². The van der Waals surface area contributed by atoms with E-state index in [-0.39, 0.29) is 6.29 Å². The van der Waals surface area contributed by atoms with Crippen LogP contribution >= 0.6 is 0 Å². The molecule has 1 saturated heterocycles. The van der Waals surface area contributed by atoms with Crippen molar-refractivity contribution in [3.05, 3.63) is 0 Å². The van der Waals surface area contributed by atoms with E-state index < -0.39 is 0 Å². The molecule has 1 fully saturated rings. The molecule has 0 aliphatic carbocycles. The van der Waals surface area contributed by atoms with Gasteiger partial charge in [-0.3, -0.25) is 4.90 Å². The molecule has 1 aliphatic heterocycles. The minimum atomic E-state index is -0.0480. The van der Waals surface area contributed by atoms with Crippen molar-refractivity contribution in [3.63, 3.8) is 0 Å². The van der Waals surface area contributed by atoms with Crippen LogP contribution in [0.15, 0.2) is 0 Å². The molecule has 1 atom stereocenters. The van der Waals surface area contributed by atoms with E-state index in [9.17, 15) is 0 Å². The van der Waals surface area contributed by atoms with Gasteiger partial charge in [-0.05, 0) is 20.8 Å². The molecule has 0 saturated carbocycles. The number of hydrogen-bond acceptors (Lipinski definition) is 4. The number of ether oxygens (including phenoxy) is 3. The maximum Gasteiger partial charge on any atom is 0.158 e. The highest BCUT2D eigenvalue weighted by Crippen LogP contribution is 2.08. The Morgan fingerprint density at radius 2 is 2.00 bits per heavy atom. The first kappa shape index (κ1) is 13.9. The number of hydrogen-bond donors (Lipinski definition) is 0. The quantitative estimate of drug-likeness (QED) is 0.621. The molecule has 0 aromatic carbocycles. The van der Waals surface area contributed by atoms with Gasteiger partial charge < -0.3 is 14.2 Å². The Kier molecular flexibility index (Phi) is 6.96. The first-order chi connectivity index (χ1) is 7.76. The van der Waals surface area contributed by atoms with Crippen LogP contribution in [0.3, 0.4) is 0 Å². The molecule has 1 rings (SSSR count). The van der Waals surface area contributed by atoms with Gasteiger partial charge in [0, 0.05) is 39.3 Å². The normalized spacial score (nSPS) is 22.9. The van der Waals surface area contributed by atoms with E-state index >= 15 is 0 Å². The Morgan fingerprint density at radius 1 is 1.31 bits per heavy atom. The molecule has 0 amide bonds. The molecule has 16 heavy (non-hydrogen) atoms. The summed E-state index contributed by atoms with van der Waals surface area (Å²) in [5.74, 6) is 0. The molecule has 4 heteroatoms. The smallest absolute Gasteiger partial charge is 0.158 e. The van der Waals surface area contributed by atoms with Gasteiger partial charge in [0.2, 0.25) is 0 Å². The van der Waals surface area contributed by atoms with Gasteiger partial charge in [-0.2, -0.15) is 0 Å². The Bertz CT molecular complexity index is 167. The Morgan fingerprint density at radius 3 is 2.56 bits per heavy atom. The average molecular weight is 231 g/mol. The van der Waals surface area contributed by atoms with Gasteiger partial charge in [-0.15, -0.1) is 0 Å². The zero-order valence-electron chi connectivity index (χ0n) is 10.8. The van der Waals surface area contributed by atoms with Crippen LogP contribution < -0.4 is 0 Å². The summed E-state index contributed by atoms with van der Waals surface area (Å²) >= 11 is 0. The van der Waals surface area contributed by atoms with Crippen molar-refractivity contribution in [1.82, 2.24) is 4.90 Å². The van der Waals surface area contributed by atoms with Gasteiger partial charge in [0.25, 0.3) is 0 Å². The topological polar surface area (TPSA) is 30.9 Å². The molecule has 0 aromatic heterocycles. The molecule has 0 radical (unpaired) electrons. The zero-order chi connectivity index (χ0) is 11.8. The van der Waals surface area contributed by atoms with Crippen LogP contribution in [0, 0.1) is 0 Å². The minimum absolute atomic E-state index is 0.0480. The second-order valence-electron chi connectivity index (χ2n) is 4.11. The number of morpholine rings is 1. The van der Waals surface area contributed by atoms with Gasteiger partial charge in [0.1, 0.15) is 0 Å². The first-order valence-electron chi connectivity index (χ1n) is 6.33. The van der Waals surface area contributed by atoms with Crippen molar-refractivity contribution in [2.45, 2.75) is 39.6 Å². The Balaban J connectivity index is 2.19. The van der Waals surface area contributed by atoms with Crippen molar-refractivity contribution < 1.29 is 14.2 Å². The molecule has 0 N–H and O–H groups in total. The molecular formula is C12H25NO3. The average Bonchev–Trinajstić information content (AvgIpc) is 2.27. The lowest BCUT2D eigenvalue weighted by Gasteiger charge is -2.31. The van der Waals surface area contributed by atoms with Crippen molar-refractivity contribution in [2.24, 2.45) is 0 Å². The third-order valence-electron chi connectivity index (χ3n) is 2.71. The van der Waals surface area contributed by atoms with Gasteiger partial charge in [0.15, 0.2) is 6.29 Å². The van der Waals surface area contributed by atoms with E-state index in [4.69, 9.17) is 14.2 Å². The molecule has 1 unspecified atom stereocenters. The van der Waals surface area contributed by atoms with Crippen molar-refractivity contribution in [2.75, 3.05) is 39.5 Å². The highest BCUT2D eigenvalue weighted by molar-refractivity contribution is 4.68. The van der Waals surface area contributed by atoms with Gasteiger partial charge in [-0.25, -0.2) is 0 Å². The van der Waals surface area contributed by atoms with E-state index in [2.05, 4.69) is 11.8 Å². The van der Waals surface area contributed by atoms with Crippen LogP contribution in [-0.2, 0) is 14.2 Å². The lowest BCUT2D eigenvalue weighted by Crippen LogP contribution is -2.42. The SMILES string of the molecule is CCOC(CCN1CCOC(C)C1)OCC. The van der Waals surface area contributed by atoms with E-state index in [1.165, 1.54) is 0 Å². The highest BCUT2D eigenvalue weighted by Gasteiger charge is 2.18. The summed E-state index contributed by atoms with van der Waals surface area (Å²) in [5, 5.41) is 0. The second kappa shape index (κ2) is 8.01. The maximum absolute atomic E-state index is 5.52. The molecule has 96 valence electrons. The molecule has 0 spiro atoms. The summed E-state index contributed by atoms with van der Waals surface area (Å²) in [6, 6.07) is 0. The fourth-order valence-corrected chi connectivity index (χ4v) is 1.97. The Hall–Kier alpha value is -0.160. The number of rotatable bonds is 7. The largest absolute Gasteiger partial charge is 0.376 e. The maximum atomic E-state index is 5.52. The summed E-state index contributed by atoms with van der Waals surface area (Å²) in [7, 11) is 0. The summed E-state index contributed by atoms with van der Waals surface area (Å²) in [5.41, 5.74) is 0. The number of nitrogens with zero attached hydrogens (tertiary/aromatic N) is 1. The summed E-state index contributed by atoms with van der Waals surface area (Å²) < 4.78 is 16.5. The van der Waals surface area contributed by atoms with Crippen LogP contribution in [0.1, 0.15) is 27.2 Å². The van der Waals surface area contributed by atoms with Gasteiger partial charge in [0.05, 0.1) is 12.7 Å². The van der Waals surface area contributed by atoms with E-state index in [1.54, 1.807) is 0 Å². The van der Waals surface area contributed by atoms with Crippen LogP contribution in [0.5, 0.6) is 0 Å². The third kappa shape index (κ3) is 5.25. The summed E-state index contributed by atoms with van der Waals surface area (Å²) in [6.07, 6.45) is 1.24. The lowest BCUT2D eigenvalue weighted by atomic mass is 10.2. The van der Waals surface area contributed by atoms with E-state index in [0.29, 0.717) is 19.3 Å². The predicted octanol–water partition coefficient (Wildman–Crippen LogP) is 1.50. The zero-order valence-corrected chi connectivity index (χ0v) is 10.8. The van der Waals surface area contributed by atoms with Crippen LogP contribution in [0.2, 0.25) is 0 Å². The van der Waals surface area contributed by atoms with Crippen LogP contribution in [0.4, 0.5) is 0 Å². The molecule has 1 aliphatic rings. The van der Waals surface area contributed by atoms with Crippen LogP contribution in [0.25, 0.3) is 0 Å². The van der Waals surface area contributed by atoms with Gasteiger partial charge >= 0.3 is 0 Å². The molecule has 0 aromatic rings. The van der Waals surface area contributed by atoms with Crippen molar-refractivity contribution >= 4 is 0 Å². The lowest BCUT2D eigenvalue weighted by molar-refractivity contribution is -0.144. The monoisotopic (exact) mass is 231 g/mol. The molecule has 4 nitrogen and oxygen atoms in total. The van der Waals surface area contributed by atoms with Crippen molar-refractivity contribution in [3.8, 4) is 0 Å².